The predicted octanol–water partition coefficient (Wildman–Crippen LogP) is 4.06. The summed E-state index contributed by atoms with van der Waals surface area (Å²) in [6, 6.07) is 3.59. The van der Waals surface area contributed by atoms with Crippen LogP contribution in [0.25, 0.3) is 5.82 Å². The molecule has 0 bridgehead atoms. The second-order valence-corrected chi connectivity index (χ2v) is 8.99. The van der Waals surface area contributed by atoms with Crippen LogP contribution in [0.3, 0.4) is 0 Å². The molecule has 0 spiro atoms. The normalized spacial score (nSPS) is 17.4. The average Bonchev–Trinajstić information content (AvgIpc) is 3.42. The molecule has 0 aliphatic carbocycles. The van der Waals surface area contributed by atoms with Gasteiger partial charge in [0.1, 0.15) is 17.7 Å². The number of aromatic nitrogens is 3. The van der Waals surface area contributed by atoms with Crippen LogP contribution in [-0.2, 0) is 11.3 Å². The van der Waals surface area contributed by atoms with E-state index >= 15 is 0 Å². The summed E-state index contributed by atoms with van der Waals surface area (Å²) in [7, 11) is 1.60. The van der Waals surface area contributed by atoms with Gasteiger partial charge in [-0.2, -0.15) is 10.2 Å². The zero-order valence-corrected chi connectivity index (χ0v) is 20.5. The number of benzene rings is 1. The molecule has 194 valence electrons. The van der Waals surface area contributed by atoms with Gasteiger partial charge in [-0.3, -0.25) is 0 Å². The summed E-state index contributed by atoms with van der Waals surface area (Å²) in [5, 5.41) is 9.79. The zero-order chi connectivity index (χ0) is 26.3. The molecule has 37 heavy (non-hydrogen) atoms. The van der Waals surface area contributed by atoms with Gasteiger partial charge in [0, 0.05) is 43.1 Å². The maximum absolute atomic E-state index is 14.5. The van der Waals surface area contributed by atoms with Gasteiger partial charge in [0.25, 0.3) is 0 Å². The Kier molecular flexibility index (Phi) is 6.59. The first-order valence-corrected chi connectivity index (χ1v) is 11.7. The highest BCUT2D eigenvalue weighted by Crippen LogP contribution is 2.32. The number of carbonyl (C=O) groups excluding carboxylic acids is 1. The van der Waals surface area contributed by atoms with E-state index in [0.717, 1.165) is 29.2 Å². The summed E-state index contributed by atoms with van der Waals surface area (Å²) in [5.74, 6) is -1.69. The third kappa shape index (κ3) is 4.76. The Morgan fingerprint density at radius 1 is 1.11 bits per heavy atom. The van der Waals surface area contributed by atoms with E-state index in [2.05, 4.69) is 15.2 Å². The van der Waals surface area contributed by atoms with Crippen LogP contribution in [0.5, 0.6) is 5.75 Å². The van der Waals surface area contributed by atoms with Gasteiger partial charge in [-0.1, -0.05) is 0 Å². The molecule has 2 amide bonds. The minimum atomic E-state index is -0.721. The largest absolute Gasteiger partial charge is 0.483 e. The monoisotopic (exact) mass is 514 g/mol. The van der Waals surface area contributed by atoms with Crippen molar-refractivity contribution in [3.8, 4) is 11.6 Å². The number of aryl methyl sites for hydroxylation is 1. The summed E-state index contributed by atoms with van der Waals surface area (Å²) in [4.78, 5) is 18.6. The first kappa shape index (κ1) is 24.8. The number of amides is 2. The lowest BCUT2D eigenvalue weighted by Gasteiger charge is -2.41. The van der Waals surface area contributed by atoms with Crippen molar-refractivity contribution in [1.29, 1.82) is 0 Å². The molecule has 1 aromatic carbocycles. The van der Waals surface area contributed by atoms with E-state index in [1.54, 1.807) is 11.8 Å². The standard InChI is InChI=1S/C25H25F3N6O3/c1-14-20(13-36-3)15(2)33(31-14)24-9-23(21(28)10-29-24)37-19-11-32(12-19)25(35)34-22(4-5-30-34)16-6-17(26)8-18(27)7-16/h5-10,19,22H,4,11-13H2,1-3H3/t22-/m0/s1. The van der Waals surface area contributed by atoms with E-state index in [4.69, 9.17) is 9.47 Å². The third-order valence-corrected chi connectivity index (χ3v) is 6.46. The number of methoxy groups -OCH3 is 1. The quantitative estimate of drug-likeness (QED) is 0.495. The Balaban J connectivity index is 1.25. The Bertz CT molecular complexity index is 1350. The summed E-state index contributed by atoms with van der Waals surface area (Å²) in [5.41, 5.74) is 2.85. The van der Waals surface area contributed by atoms with E-state index in [0.29, 0.717) is 24.4 Å². The van der Waals surface area contributed by atoms with Crippen molar-refractivity contribution in [3.63, 3.8) is 0 Å². The fourth-order valence-corrected chi connectivity index (χ4v) is 4.50. The number of rotatable bonds is 6. The summed E-state index contributed by atoms with van der Waals surface area (Å²) >= 11 is 0. The molecule has 2 aliphatic rings. The molecule has 2 aliphatic heterocycles. The highest BCUT2D eigenvalue weighted by molar-refractivity contribution is 5.79. The van der Waals surface area contributed by atoms with E-state index in [1.165, 1.54) is 34.3 Å². The molecule has 0 unspecified atom stereocenters. The van der Waals surface area contributed by atoms with Gasteiger partial charge in [-0.05, 0) is 31.5 Å². The molecular formula is C25H25F3N6O3. The highest BCUT2D eigenvalue weighted by Gasteiger charge is 2.39. The van der Waals surface area contributed by atoms with Crippen molar-refractivity contribution in [3.05, 3.63) is 70.4 Å². The molecule has 12 heteroatoms. The van der Waals surface area contributed by atoms with Crippen LogP contribution in [0, 0.1) is 31.3 Å². The van der Waals surface area contributed by atoms with Crippen molar-refractivity contribution >= 4 is 12.2 Å². The number of halogens is 3. The molecule has 0 radical (unpaired) electrons. The van der Waals surface area contributed by atoms with Gasteiger partial charge in [0.15, 0.2) is 17.4 Å². The average molecular weight is 515 g/mol. The number of likely N-dealkylation sites (tertiary alicyclic amines) is 1. The molecule has 5 rings (SSSR count). The molecule has 9 nitrogen and oxygen atoms in total. The van der Waals surface area contributed by atoms with Crippen LogP contribution in [0.4, 0.5) is 18.0 Å². The Morgan fingerprint density at radius 3 is 2.54 bits per heavy atom. The third-order valence-electron chi connectivity index (χ3n) is 6.46. The van der Waals surface area contributed by atoms with E-state index in [1.807, 2.05) is 13.8 Å². The molecule has 3 aromatic rings. The lowest BCUT2D eigenvalue weighted by Crippen LogP contribution is -2.58. The molecule has 0 N–H and O–H groups in total. The van der Waals surface area contributed by atoms with Crippen molar-refractivity contribution < 1.29 is 27.4 Å². The molecule has 1 atom stereocenters. The summed E-state index contributed by atoms with van der Waals surface area (Å²) < 4.78 is 54.6. The van der Waals surface area contributed by atoms with Gasteiger partial charge >= 0.3 is 6.03 Å². The first-order chi connectivity index (χ1) is 17.7. The van der Waals surface area contributed by atoms with Gasteiger partial charge in [-0.25, -0.2) is 32.6 Å². The molecule has 2 aromatic heterocycles. The van der Waals surface area contributed by atoms with Crippen LogP contribution in [-0.4, -0.2) is 63.2 Å². The van der Waals surface area contributed by atoms with Crippen LogP contribution < -0.4 is 4.74 Å². The summed E-state index contributed by atoms with van der Waals surface area (Å²) in [6.07, 6.45) is 2.49. The number of nitrogens with zero attached hydrogens (tertiary/aromatic N) is 6. The number of pyridine rings is 1. The smallest absolute Gasteiger partial charge is 0.341 e. The van der Waals surface area contributed by atoms with Crippen LogP contribution in [0.1, 0.15) is 35.0 Å². The second kappa shape index (κ2) is 9.85. The van der Waals surface area contributed by atoms with Crippen LogP contribution >= 0.6 is 0 Å². The Labute approximate surface area is 211 Å². The van der Waals surface area contributed by atoms with Gasteiger partial charge in [0.05, 0.1) is 37.6 Å². The predicted molar refractivity (Wildman–Crippen MR) is 127 cm³/mol. The zero-order valence-electron chi connectivity index (χ0n) is 20.5. The lowest BCUT2D eigenvalue weighted by molar-refractivity contribution is 0.0256. The van der Waals surface area contributed by atoms with E-state index in [9.17, 15) is 18.0 Å². The van der Waals surface area contributed by atoms with Crippen molar-refractivity contribution in [2.24, 2.45) is 5.10 Å². The van der Waals surface area contributed by atoms with E-state index < -0.39 is 35.6 Å². The highest BCUT2D eigenvalue weighted by atomic mass is 19.1. The number of urea groups is 1. The van der Waals surface area contributed by atoms with Gasteiger partial charge in [0.2, 0.25) is 0 Å². The molecule has 4 heterocycles. The Morgan fingerprint density at radius 2 is 1.84 bits per heavy atom. The number of ether oxygens (including phenoxy) is 2. The molecule has 1 fully saturated rings. The Hall–Kier alpha value is -3.93. The fraction of sp³-hybridized carbons (Fsp3) is 0.360. The minimum Gasteiger partial charge on any atom is -0.483 e. The number of carbonyl (C=O) groups is 1. The molecular weight excluding hydrogens is 489 g/mol. The van der Waals surface area contributed by atoms with Crippen LogP contribution in [0.15, 0.2) is 35.6 Å². The first-order valence-electron chi connectivity index (χ1n) is 11.7. The number of hydrazone groups is 1. The van der Waals surface area contributed by atoms with Gasteiger partial charge < -0.3 is 14.4 Å². The van der Waals surface area contributed by atoms with E-state index in [-0.39, 0.29) is 18.8 Å². The summed E-state index contributed by atoms with van der Waals surface area (Å²) in [6.45, 7) is 4.53. The maximum atomic E-state index is 14.5. The van der Waals surface area contributed by atoms with Crippen molar-refractivity contribution in [1.82, 2.24) is 24.7 Å². The second-order valence-electron chi connectivity index (χ2n) is 8.99. The van der Waals surface area contributed by atoms with Crippen molar-refractivity contribution in [2.75, 3.05) is 20.2 Å². The maximum Gasteiger partial charge on any atom is 0.341 e. The fourth-order valence-electron chi connectivity index (χ4n) is 4.50. The van der Waals surface area contributed by atoms with Crippen LogP contribution in [0.2, 0.25) is 0 Å². The molecule has 1 saturated heterocycles. The topological polar surface area (TPSA) is 85.1 Å². The number of hydrogen-bond acceptors (Lipinski definition) is 6. The molecule has 0 saturated carbocycles. The SMILES string of the molecule is COCc1c(C)nn(-c2cc(OC3CN(C(=O)N4N=CC[C@H]4c4cc(F)cc(F)c4)C3)c(F)cn2)c1C. The lowest BCUT2D eigenvalue weighted by atomic mass is 10.0. The minimum absolute atomic E-state index is 0.00440. The van der Waals surface area contributed by atoms with Gasteiger partial charge in [-0.15, -0.1) is 0 Å². The number of hydrogen-bond donors (Lipinski definition) is 0. The van der Waals surface area contributed by atoms with Crippen molar-refractivity contribution in [2.45, 2.75) is 39.0 Å².